The van der Waals surface area contributed by atoms with Gasteiger partial charge in [0.15, 0.2) is 0 Å². The van der Waals surface area contributed by atoms with Crippen molar-refractivity contribution in [3.63, 3.8) is 0 Å². The highest BCUT2D eigenvalue weighted by Gasteiger charge is 2.32. The minimum absolute atomic E-state index is 0.713. The van der Waals surface area contributed by atoms with Crippen LogP contribution in [-0.2, 0) is 11.3 Å². The van der Waals surface area contributed by atoms with Crippen molar-refractivity contribution in [3.8, 4) is 0 Å². The van der Waals surface area contributed by atoms with E-state index in [9.17, 15) is 0 Å². The number of ether oxygens (including phenoxy) is 1. The highest BCUT2D eigenvalue weighted by Crippen LogP contribution is 2.35. The Morgan fingerprint density at radius 2 is 1.94 bits per heavy atom. The fourth-order valence-electron chi connectivity index (χ4n) is 3.41. The van der Waals surface area contributed by atoms with Gasteiger partial charge in [-0.3, -0.25) is 0 Å². The molecule has 1 aromatic rings. The van der Waals surface area contributed by atoms with Crippen LogP contribution in [0.3, 0.4) is 0 Å². The molecule has 0 spiro atoms. The van der Waals surface area contributed by atoms with Crippen molar-refractivity contribution in [1.29, 1.82) is 0 Å². The largest absolute Gasteiger partial charge is 0.381 e. The van der Waals surface area contributed by atoms with Gasteiger partial charge < -0.3 is 10.1 Å². The lowest BCUT2D eigenvalue weighted by molar-refractivity contribution is -0.00799. The molecule has 1 aliphatic heterocycles. The number of hydrogen-bond acceptors (Lipinski definition) is 2. The molecule has 3 rings (SSSR count). The van der Waals surface area contributed by atoms with Gasteiger partial charge in [-0.15, -0.1) is 0 Å². The van der Waals surface area contributed by atoms with E-state index in [0.29, 0.717) is 6.04 Å². The molecular formula is C16H23NO. The van der Waals surface area contributed by atoms with Crippen molar-refractivity contribution in [2.45, 2.75) is 38.3 Å². The molecule has 2 heteroatoms. The van der Waals surface area contributed by atoms with Crippen molar-refractivity contribution in [1.82, 2.24) is 5.32 Å². The molecule has 1 heterocycles. The van der Waals surface area contributed by atoms with Gasteiger partial charge in [0.25, 0.3) is 0 Å². The second-order valence-corrected chi connectivity index (χ2v) is 5.76. The summed E-state index contributed by atoms with van der Waals surface area (Å²) in [5.41, 5.74) is 1.40. The van der Waals surface area contributed by atoms with Crippen LogP contribution in [0.25, 0.3) is 0 Å². The minimum atomic E-state index is 0.713. The Kier molecular flexibility index (Phi) is 3.96. The van der Waals surface area contributed by atoms with E-state index in [2.05, 4.69) is 35.6 Å². The molecule has 0 radical (unpaired) electrons. The van der Waals surface area contributed by atoms with E-state index < -0.39 is 0 Å². The van der Waals surface area contributed by atoms with Crippen LogP contribution in [-0.4, -0.2) is 19.3 Å². The molecule has 1 saturated carbocycles. The maximum absolute atomic E-state index is 5.58. The first-order chi connectivity index (χ1) is 8.92. The number of benzene rings is 1. The number of rotatable bonds is 3. The highest BCUT2D eigenvalue weighted by atomic mass is 16.5. The van der Waals surface area contributed by atoms with E-state index in [0.717, 1.165) is 31.6 Å². The second kappa shape index (κ2) is 5.85. The molecular weight excluding hydrogens is 222 g/mol. The third-order valence-corrected chi connectivity index (χ3v) is 4.54. The molecule has 18 heavy (non-hydrogen) atoms. The Morgan fingerprint density at radius 3 is 2.83 bits per heavy atom. The zero-order valence-corrected chi connectivity index (χ0v) is 11.0. The predicted molar refractivity (Wildman–Crippen MR) is 73.3 cm³/mol. The first-order valence-corrected chi connectivity index (χ1v) is 7.27. The molecule has 1 N–H and O–H groups in total. The Balaban J connectivity index is 1.49. The summed E-state index contributed by atoms with van der Waals surface area (Å²) in [6.45, 7) is 3.00. The normalized spacial score (nSPS) is 31.9. The third kappa shape index (κ3) is 2.93. The summed E-state index contributed by atoms with van der Waals surface area (Å²) in [6, 6.07) is 11.4. The van der Waals surface area contributed by atoms with Crippen LogP contribution in [0.4, 0.5) is 0 Å². The first kappa shape index (κ1) is 12.2. The average molecular weight is 245 g/mol. The molecule has 0 bridgehead atoms. The molecule has 1 aliphatic carbocycles. The Hall–Kier alpha value is -0.860. The average Bonchev–Trinajstić information content (AvgIpc) is 2.46. The van der Waals surface area contributed by atoms with Gasteiger partial charge in [0.2, 0.25) is 0 Å². The maximum atomic E-state index is 5.58. The van der Waals surface area contributed by atoms with Crippen LogP contribution >= 0.6 is 0 Å². The van der Waals surface area contributed by atoms with Crippen LogP contribution in [0, 0.1) is 11.8 Å². The summed E-state index contributed by atoms with van der Waals surface area (Å²) in [5.74, 6) is 1.74. The number of hydrogen-bond donors (Lipinski definition) is 1. The lowest BCUT2D eigenvalue weighted by Gasteiger charge is -2.39. The van der Waals surface area contributed by atoms with Crippen molar-refractivity contribution in [2.24, 2.45) is 11.8 Å². The molecule has 0 amide bonds. The Morgan fingerprint density at radius 1 is 1.06 bits per heavy atom. The van der Waals surface area contributed by atoms with E-state index in [-0.39, 0.29) is 0 Å². The van der Waals surface area contributed by atoms with Gasteiger partial charge in [-0.2, -0.15) is 0 Å². The van der Waals surface area contributed by atoms with Gasteiger partial charge in [0.1, 0.15) is 0 Å². The van der Waals surface area contributed by atoms with E-state index in [1.54, 1.807) is 0 Å². The fourth-order valence-corrected chi connectivity index (χ4v) is 3.41. The summed E-state index contributed by atoms with van der Waals surface area (Å²) < 4.78 is 5.58. The summed E-state index contributed by atoms with van der Waals surface area (Å²) in [5, 5.41) is 3.73. The smallest absolute Gasteiger partial charge is 0.0496 e. The Labute approximate surface area is 110 Å². The first-order valence-electron chi connectivity index (χ1n) is 7.27. The monoisotopic (exact) mass is 245 g/mol. The van der Waals surface area contributed by atoms with Crippen LogP contribution < -0.4 is 5.32 Å². The molecule has 98 valence electrons. The van der Waals surface area contributed by atoms with E-state index in [4.69, 9.17) is 4.74 Å². The number of fused-ring (bicyclic) bond motifs is 1. The van der Waals surface area contributed by atoms with Gasteiger partial charge in [-0.25, -0.2) is 0 Å². The third-order valence-electron chi connectivity index (χ3n) is 4.54. The number of nitrogens with one attached hydrogen (secondary N) is 1. The molecule has 2 aliphatic rings. The molecule has 2 nitrogen and oxygen atoms in total. The predicted octanol–water partition coefficient (Wildman–Crippen LogP) is 2.98. The lowest BCUT2D eigenvalue weighted by Crippen LogP contribution is -2.41. The molecule has 0 aromatic heterocycles. The topological polar surface area (TPSA) is 21.3 Å². The van der Waals surface area contributed by atoms with Gasteiger partial charge >= 0.3 is 0 Å². The van der Waals surface area contributed by atoms with Gasteiger partial charge in [0.05, 0.1) is 0 Å². The molecule has 3 atom stereocenters. The van der Waals surface area contributed by atoms with Gasteiger partial charge in [0, 0.05) is 25.8 Å². The lowest BCUT2D eigenvalue weighted by atomic mass is 9.75. The standard InChI is InChI=1S/C16H23NO/c1-2-4-13(5-3-1)11-17-16-7-6-15-12-18-9-8-14(15)10-16/h1-5,14-17H,6-12H2. The summed E-state index contributed by atoms with van der Waals surface area (Å²) in [6.07, 6.45) is 5.28. The Bertz CT molecular complexity index is 365. The van der Waals surface area contributed by atoms with Gasteiger partial charge in [-0.05, 0) is 43.1 Å². The molecule has 1 aromatic carbocycles. The van der Waals surface area contributed by atoms with Crippen LogP contribution in [0.1, 0.15) is 31.2 Å². The maximum Gasteiger partial charge on any atom is 0.0496 e. The summed E-state index contributed by atoms with van der Waals surface area (Å²) >= 11 is 0. The summed E-state index contributed by atoms with van der Waals surface area (Å²) in [4.78, 5) is 0. The van der Waals surface area contributed by atoms with Crippen molar-refractivity contribution < 1.29 is 4.74 Å². The molecule has 2 fully saturated rings. The van der Waals surface area contributed by atoms with Crippen LogP contribution in [0.2, 0.25) is 0 Å². The SMILES string of the molecule is c1ccc(CNC2CCC3COCCC3C2)cc1. The van der Waals surface area contributed by atoms with E-state index in [1.807, 2.05) is 0 Å². The van der Waals surface area contributed by atoms with Crippen LogP contribution in [0.5, 0.6) is 0 Å². The van der Waals surface area contributed by atoms with Gasteiger partial charge in [-0.1, -0.05) is 30.3 Å². The summed E-state index contributed by atoms with van der Waals surface area (Å²) in [7, 11) is 0. The van der Waals surface area contributed by atoms with Crippen molar-refractivity contribution >= 4 is 0 Å². The zero-order chi connectivity index (χ0) is 12.2. The zero-order valence-electron chi connectivity index (χ0n) is 11.0. The van der Waals surface area contributed by atoms with E-state index in [1.165, 1.54) is 31.2 Å². The van der Waals surface area contributed by atoms with Crippen molar-refractivity contribution in [3.05, 3.63) is 35.9 Å². The fraction of sp³-hybridized carbons (Fsp3) is 0.625. The molecule has 3 unspecified atom stereocenters. The quantitative estimate of drug-likeness (QED) is 0.884. The van der Waals surface area contributed by atoms with Crippen LogP contribution in [0.15, 0.2) is 30.3 Å². The molecule has 1 saturated heterocycles. The minimum Gasteiger partial charge on any atom is -0.381 e. The van der Waals surface area contributed by atoms with Crippen molar-refractivity contribution in [2.75, 3.05) is 13.2 Å². The highest BCUT2D eigenvalue weighted by molar-refractivity contribution is 5.14. The van der Waals surface area contributed by atoms with E-state index >= 15 is 0 Å². The second-order valence-electron chi connectivity index (χ2n) is 5.76.